The molecule has 4 heteroatoms. The van der Waals surface area contributed by atoms with Crippen molar-refractivity contribution in [3.05, 3.63) is 65.8 Å². The van der Waals surface area contributed by atoms with Crippen LogP contribution in [0.5, 0.6) is 0 Å². The highest BCUT2D eigenvalue weighted by atomic mass is 19.1. The third kappa shape index (κ3) is 3.34. The molecule has 0 atom stereocenters. The highest BCUT2D eigenvalue weighted by Gasteiger charge is 2.32. The molecule has 0 radical (unpaired) electrons. The van der Waals surface area contributed by atoms with Crippen molar-refractivity contribution in [2.75, 3.05) is 7.11 Å². The zero-order valence-electron chi connectivity index (χ0n) is 11.8. The number of aryl methyl sites for hydroxylation is 1. The van der Waals surface area contributed by atoms with E-state index in [0.29, 0.717) is 5.56 Å². The molecule has 0 amide bonds. The number of halogens is 1. The van der Waals surface area contributed by atoms with E-state index >= 15 is 4.39 Å². The fraction of sp³-hybridized carbons (Fsp3) is 0.176. The van der Waals surface area contributed by atoms with Gasteiger partial charge in [-0.1, -0.05) is 29.8 Å². The fourth-order valence-corrected chi connectivity index (χ4v) is 2.02. The van der Waals surface area contributed by atoms with Gasteiger partial charge in [-0.2, -0.15) is 0 Å². The van der Waals surface area contributed by atoms with Crippen LogP contribution in [-0.4, -0.2) is 24.5 Å². The summed E-state index contributed by atoms with van der Waals surface area (Å²) in [5, 5.41) is 0. The second kappa shape index (κ2) is 5.87. The van der Waals surface area contributed by atoms with Gasteiger partial charge in [-0.05, 0) is 36.8 Å². The number of esters is 1. The predicted molar refractivity (Wildman–Crippen MR) is 78.3 cm³/mol. The molecular weight excluding hydrogens is 271 g/mol. The summed E-state index contributed by atoms with van der Waals surface area (Å²) in [6.07, 6.45) is 5.70. The third-order valence-corrected chi connectivity index (χ3v) is 3.22. The molecule has 0 aromatic heterocycles. The number of ether oxygens (including phenoxy) is 1. The van der Waals surface area contributed by atoms with Crippen LogP contribution in [0.3, 0.4) is 0 Å². The Morgan fingerprint density at radius 1 is 1.19 bits per heavy atom. The van der Waals surface area contributed by atoms with Gasteiger partial charge in [0.05, 0.1) is 7.11 Å². The van der Waals surface area contributed by atoms with Crippen LogP contribution in [0.25, 0.3) is 5.57 Å². The van der Waals surface area contributed by atoms with E-state index in [2.05, 4.69) is 4.74 Å². The number of carbonyl (C=O) groups excluding carboxylic acids is 2. The Morgan fingerprint density at radius 3 is 2.29 bits per heavy atom. The monoisotopic (exact) mass is 286 g/mol. The summed E-state index contributed by atoms with van der Waals surface area (Å²) >= 11 is 0. The first kappa shape index (κ1) is 14.9. The average Bonchev–Trinajstić information content (AvgIpc) is 2.49. The lowest BCUT2D eigenvalue weighted by Crippen LogP contribution is -2.23. The molecule has 21 heavy (non-hydrogen) atoms. The second-order valence-corrected chi connectivity index (χ2v) is 4.78. The molecule has 0 fully saturated rings. The van der Waals surface area contributed by atoms with Crippen molar-refractivity contribution in [2.45, 2.75) is 12.6 Å². The highest BCUT2D eigenvalue weighted by molar-refractivity contribution is 6.03. The first-order valence-electron chi connectivity index (χ1n) is 6.43. The Balaban J connectivity index is 2.52. The summed E-state index contributed by atoms with van der Waals surface area (Å²) < 4.78 is 19.7. The molecule has 1 aromatic carbocycles. The number of rotatable bonds is 3. The van der Waals surface area contributed by atoms with Crippen molar-refractivity contribution >= 4 is 17.3 Å². The van der Waals surface area contributed by atoms with Gasteiger partial charge in [0.2, 0.25) is 0 Å². The van der Waals surface area contributed by atoms with Gasteiger partial charge in [0, 0.05) is 11.6 Å². The van der Waals surface area contributed by atoms with Crippen LogP contribution in [0.1, 0.15) is 11.1 Å². The minimum Gasteiger partial charge on any atom is -0.466 e. The number of hydrogen-bond acceptors (Lipinski definition) is 3. The molecular formula is C17H15FO3. The number of carbonyl (C=O) groups is 2. The van der Waals surface area contributed by atoms with Crippen LogP contribution in [0.2, 0.25) is 0 Å². The third-order valence-electron chi connectivity index (χ3n) is 3.22. The zero-order valence-corrected chi connectivity index (χ0v) is 11.8. The van der Waals surface area contributed by atoms with Gasteiger partial charge in [-0.25, -0.2) is 9.18 Å². The van der Waals surface area contributed by atoms with Crippen LogP contribution in [-0.2, 0) is 14.3 Å². The Morgan fingerprint density at radius 2 is 1.76 bits per heavy atom. The van der Waals surface area contributed by atoms with E-state index in [1.807, 2.05) is 19.1 Å². The molecule has 1 aliphatic rings. The van der Waals surface area contributed by atoms with Gasteiger partial charge in [0.1, 0.15) is 0 Å². The van der Waals surface area contributed by atoms with E-state index in [4.69, 9.17) is 0 Å². The number of methoxy groups -OCH3 is 1. The van der Waals surface area contributed by atoms with E-state index in [1.165, 1.54) is 7.11 Å². The summed E-state index contributed by atoms with van der Waals surface area (Å²) in [5.41, 5.74) is -0.308. The van der Waals surface area contributed by atoms with Crippen molar-refractivity contribution in [3.8, 4) is 0 Å². The molecule has 0 N–H and O–H groups in total. The van der Waals surface area contributed by atoms with Crippen LogP contribution in [0, 0.1) is 6.92 Å². The maximum absolute atomic E-state index is 15.1. The summed E-state index contributed by atoms with van der Waals surface area (Å²) in [5.74, 6) is -0.939. The molecule has 108 valence electrons. The molecule has 0 bridgehead atoms. The van der Waals surface area contributed by atoms with Crippen molar-refractivity contribution in [3.63, 3.8) is 0 Å². The lowest BCUT2D eigenvalue weighted by Gasteiger charge is -2.23. The van der Waals surface area contributed by atoms with Crippen molar-refractivity contribution in [2.24, 2.45) is 0 Å². The Hall–Kier alpha value is -2.49. The molecule has 0 heterocycles. The van der Waals surface area contributed by atoms with Gasteiger partial charge in [-0.3, -0.25) is 4.79 Å². The molecule has 0 saturated carbocycles. The topological polar surface area (TPSA) is 43.4 Å². The van der Waals surface area contributed by atoms with E-state index in [-0.39, 0.29) is 11.4 Å². The molecule has 0 unspecified atom stereocenters. The summed E-state index contributed by atoms with van der Waals surface area (Å²) in [7, 11) is 1.23. The molecule has 1 aliphatic carbocycles. The molecule has 2 rings (SSSR count). The number of allylic oxidation sites excluding steroid dienone is 5. The van der Waals surface area contributed by atoms with Crippen molar-refractivity contribution in [1.82, 2.24) is 0 Å². The Kier molecular flexibility index (Phi) is 4.17. The molecule has 0 saturated heterocycles. The Bertz CT molecular complexity index is 635. The van der Waals surface area contributed by atoms with Gasteiger partial charge in [-0.15, -0.1) is 0 Å². The lowest BCUT2D eigenvalue weighted by molar-refractivity contribution is -0.134. The highest BCUT2D eigenvalue weighted by Crippen LogP contribution is 2.35. The number of hydrogen-bond donors (Lipinski definition) is 0. The van der Waals surface area contributed by atoms with Gasteiger partial charge < -0.3 is 4.74 Å². The SMILES string of the molecule is COC(=O)/C=C(\c1ccc(C)cc1)C1(F)C=CC(=O)C=C1. The van der Waals surface area contributed by atoms with E-state index in [1.54, 1.807) is 12.1 Å². The van der Waals surface area contributed by atoms with E-state index in [9.17, 15) is 9.59 Å². The molecule has 0 spiro atoms. The minimum atomic E-state index is -2.02. The normalized spacial score (nSPS) is 16.9. The predicted octanol–water partition coefficient (Wildman–Crippen LogP) is 2.95. The molecule has 3 nitrogen and oxygen atoms in total. The Labute approximate surface area is 122 Å². The molecule has 1 aromatic rings. The van der Waals surface area contributed by atoms with Crippen LogP contribution in [0.15, 0.2) is 54.6 Å². The van der Waals surface area contributed by atoms with Crippen molar-refractivity contribution < 1.29 is 18.7 Å². The van der Waals surface area contributed by atoms with E-state index < -0.39 is 11.6 Å². The maximum Gasteiger partial charge on any atom is 0.330 e. The second-order valence-electron chi connectivity index (χ2n) is 4.78. The number of alkyl halides is 1. The standard InChI is InChI=1S/C17H15FO3/c1-12-3-5-13(6-4-12)15(11-16(20)21-2)17(18)9-7-14(19)8-10-17/h3-11H,1-2H3/b15-11+. The van der Waals surface area contributed by atoms with Gasteiger partial charge in [0.25, 0.3) is 0 Å². The van der Waals surface area contributed by atoms with Crippen molar-refractivity contribution in [1.29, 1.82) is 0 Å². The molecule has 0 aliphatic heterocycles. The fourth-order valence-electron chi connectivity index (χ4n) is 2.02. The van der Waals surface area contributed by atoms with Crippen LogP contribution >= 0.6 is 0 Å². The van der Waals surface area contributed by atoms with E-state index in [0.717, 1.165) is 35.9 Å². The average molecular weight is 286 g/mol. The number of benzene rings is 1. The van der Waals surface area contributed by atoms with Gasteiger partial charge in [0.15, 0.2) is 11.5 Å². The minimum absolute atomic E-state index is 0.134. The summed E-state index contributed by atoms with van der Waals surface area (Å²) in [6.45, 7) is 1.91. The lowest BCUT2D eigenvalue weighted by atomic mass is 9.86. The number of ketones is 1. The first-order valence-corrected chi connectivity index (χ1v) is 6.43. The van der Waals surface area contributed by atoms with Crippen LogP contribution < -0.4 is 0 Å². The first-order chi connectivity index (χ1) is 9.94. The summed E-state index contributed by atoms with van der Waals surface area (Å²) in [6, 6.07) is 7.10. The largest absolute Gasteiger partial charge is 0.466 e. The van der Waals surface area contributed by atoms with Crippen LogP contribution in [0.4, 0.5) is 4.39 Å². The zero-order chi connectivity index (χ0) is 15.5. The smallest absolute Gasteiger partial charge is 0.330 e. The maximum atomic E-state index is 15.1. The van der Waals surface area contributed by atoms with Gasteiger partial charge >= 0.3 is 5.97 Å². The quantitative estimate of drug-likeness (QED) is 0.634. The summed E-state index contributed by atoms with van der Waals surface area (Å²) in [4.78, 5) is 22.7.